The van der Waals surface area contributed by atoms with Crippen LogP contribution in [0.3, 0.4) is 0 Å². The molecule has 3 aromatic rings. The molecule has 1 aliphatic carbocycles. The van der Waals surface area contributed by atoms with E-state index in [-0.39, 0.29) is 6.03 Å². The lowest BCUT2D eigenvalue weighted by molar-refractivity contribution is 0.205. The Balaban J connectivity index is 1.33. The lowest BCUT2D eigenvalue weighted by Gasteiger charge is -2.17. The number of hydrogen-bond donors (Lipinski definition) is 3. The quantitative estimate of drug-likeness (QED) is 0.593. The maximum atomic E-state index is 12.5. The summed E-state index contributed by atoms with van der Waals surface area (Å²) in [5.41, 5.74) is 4.43. The smallest absolute Gasteiger partial charge is 0.317 e. The maximum Gasteiger partial charge on any atom is 0.317 e. The maximum absolute atomic E-state index is 12.5. The van der Waals surface area contributed by atoms with Crippen molar-refractivity contribution in [3.8, 4) is 11.4 Å². The molecule has 28 heavy (non-hydrogen) atoms. The standard InChI is InChI=1S/C20H25N7O/c1-27(13-17-15-10-6-3-7-11-16(15)23-24-17)20(28)21-12-18-22-19(26-25-18)14-8-4-2-5-9-14/h2,4-5,8-9H,3,6-7,10-13H2,1H3,(H,21,28)(H,23,24)(H,22,25,26). The van der Waals surface area contributed by atoms with Crippen LogP contribution in [0.5, 0.6) is 0 Å². The van der Waals surface area contributed by atoms with Crippen molar-refractivity contribution in [2.75, 3.05) is 7.05 Å². The summed E-state index contributed by atoms with van der Waals surface area (Å²) in [6.07, 6.45) is 5.72. The number of aromatic nitrogens is 5. The van der Waals surface area contributed by atoms with Crippen molar-refractivity contribution < 1.29 is 4.79 Å². The van der Waals surface area contributed by atoms with Gasteiger partial charge < -0.3 is 10.2 Å². The molecule has 0 fully saturated rings. The molecule has 2 amide bonds. The van der Waals surface area contributed by atoms with Gasteiger partial charge in [0.15, 0.2) is 5.82 Å². The van der Waals surface area contributed by atoms with E-state index in [9.17, 15) is 4.79 Å². The van der Waals surface area contributed by atoms with Crippen molar-refractivity contribution in [3.63, 3.8) is 0 Å². The predicted molar refractivity (Wildman–Crippen MR) is 105 cm³/mol. The van der Waals surface area contributed by atoms with E-state index in [1.165, 1.54) is 30.5 Å². The summed E-state index contributed by atoms with van der Waals surface area (Å²) < 4.78 is 0. The van der Waals surface area contributed by atoms with Crippen molar-refractivity contribution in [1.29, 1.82) is 0 Å². The molecular formula is C20H25N7O. The number of H-pyrrole nitrogens is 2. The molecule has 0 saturated carbocycles. The van der Waals surface area contributed by atoms with Crippen LogP contribution in [0.4, 0.5) is 4.79 Å². The summed E-state index contributed by atoms with van der Waals surface area (Å²) in [6, 6.07) is 9.57. The van der Waals surface area contributed by atoms with Gasteiger partial charge in [-0.1, -0.05) is 36.8 Å². The highest BCUT2D eigenvalue weighted by Gasteiger charge is 2.19. The molecule has 3 N–H and O–H groups in total. The number of rotatable bonds is 5. The van der Waals surface area contributed by atoms with Crippen LogP contribution >= 0.6 is 0 Å². The van der Waals surface area contributed by atoms with Gasteiger partial charge in [-0.05, 0) is 31.2 Å². The van der Waals surface area contributed by atoms with E-state index in [2.05, 4.69) is 30.7 Å². The van der Waals surface area contributed by atoms with Crippen molar-refractivity contribution in [1.82, 2.24) is 35.6 Å². The highest BCUT2D eigenvalue weighted by atomic mass is 16.2. The summed E-state index contributed by atoms with van der Waals surface area (Å²) in [4.78, 5) is 18.6. The molecule has 0 atom stereocenters. The average molecular weight is 379 g/mol. The number of urea groups is 1. The molecule has 146 valence electrons. The minimum absolute atomic E-state index is 0.164. The number of aromatic amines is 2. The Hall–Kier alpha value is -3.16. The molecule has 0 saturated heterocycles. The number of benzene rings is 1. The fourth-order valence-corrected chi connectivity index (χ4v) is 3.54. The van der Waals surface area contributed by atoms with Crippen molar-refractivity contribution in [2.24, 2.45) is 0 Å². The van der Waals surface area contributed by atoms with E-state index in [0.29, 0.717) is 24.7 Å². The van der Waals surface area contributed by atoms with Crippen LogP contribution in [-0.2, 0) is 25.9 Å². The van der Waals surface area contributed by atoms with Gasteiger partial charge in [0.1, 0.15) is 5.82 Å². The first-order valence-corrected chi connectivity index (χ1v) is 9.71. The minimum Gasteiger partial charge on any atom is -0.331 e. The van der Waals surface area contributed by atoms with Crippen molar-refractivity contribution in [2.45, 2.75) is 45.2 Å². The Morgan fingerprint density at radius 3 is 2.79 bits per heavy atom. The predicted octanol–water partition coefficient (Wildman–Crippen LogP) is 2.81. The molecular weight excluding hydrogens is 354 g/mol. The second-order valence-electron chi connectivity index (χ2n) is 7.17. The van der Waals surface area contributed by atoms with Gasteiger partial charge >= 0.3 is 6.03 Å². The van der Waals surface area contributed by atoms with Gasteiger partial charge in [-0.2, -0.15) is 10.2 Å². The van der Waals surface area contributed by atoms with E-state index in [1.807, 2.05) is 30.3 Å². The fourth-order valence-electron chi connectivity index (χ4n) is 3.54. The Labute approximate surface area is 163 Å². The third-order valence-electron chi connectivity index (χ3n) is 5.10. The highest BCUT2D eigenvalue weighted by molar-refractivity contribution is 5.73. The molecule has 2 aromatic heterocycles. The lowest BCUT2D eigenvalue weighted by Crippen LogP contribution is -2.36. The molecule has 0 radical (unpaired) electrons. The SMILES string of the molecule is CN(Cc1n[nH]c2c1CCCCC2)C(=O)NCc1nc(-c2ccccc2)n[nH]1. The Morgan fingerprint density at radius 1 is 1.11 bits per heavy atom. The first kappa shape index (κ1) is 18.2. The number of amides is 2. The zero-order valence-electron chi connectivity index (χ0n) is 16.0. The van der Waals surface area contributed by atoms with E-state index >= 15 is 0 Å². The van der Waals surface area contributed by atoms with E-state index in [4.69, 9.17) is 0 Å². The van der Waals surface area contributed by atoms with Crippen LogP contribution in [0.25, 0.3) is 11.4 Å². The van der Waals surface area contributed by atoms with Crippen LogP contribution in [-0.4, -0.2) is 43.4 Å². The van der Waals surface area contributed by atoms with Gasteiger partial charge in [-0.15, -0.1) is 0 Å². The number of nitrogens with zero attached hydrogens (tertiary/aromatic N) is 4. The van der Waals surface area contributed by atoms with E-state index < -0.39 is 0 Å². The monoisotopic (exact) mass is 379 g/mol. The van der Waals surface area contributed by atoms with Crippen LogP contribution in [0.1, 0.15) is 42.0 Å². The molecule has 8 nitrogen and oxygen atoms in total. The number of carbonyl (C=O) groups excluding carboxylic acids is 1. The molecule has 0 unspecified atom stereocenters. The number of aryl methyl sites for hydroxylation is 1. The molecule has 1 aromatic carbocycles. The Bertz CT molecular complexity index is 931. The first-order valence-electron chi connectivity index (χ1n) is 9.71. The normalized spacial score (nSPS) is 13.6. The highest BCUT2D eigenvalue weighted by Crippen LogP contribution is 2.22. The lowest BCUT2D eigenvalue weighted by atomic mass is 10.1. The number of carbonyl (C=O) groups is 1. The second kappa shape index (κ2) is 8.24. The Kier molecular flexibility index (Phi) is 5.36. The molecule has 4 rings (SSSR count). The molecule has 1 aliphatic rings. The van der Waals surface area contributed by atoms with Crippen molar-refractivity contribution in [3.05, 3.63) is 53.1 Å². The largest absolute Gasteiger partial charge is 0.331 e. The van der Waals surface area contributed by atoms with E-state index in [0.717, 1.165) is 24.1 Å². The van der Waals surface area contributed by atoms with Gasteiger partial charge in [-0.3, -0.25) is 10.2 Å². The third-order valence-corrected chi connectivity index (χ3v) is 5.10. The molecule has 0 bridgehead atoms. The number of nitrogens with one attached hydrogen (secondary N) is 3. The van der Waals surface area contributed by atoms with Gasteiger partial charge in [0.05, 0.1) is 18.8 Å². The van der Waals surface area contributed by atoms with Crippen molar-refractivity contribution >= 4 is 6.03 Å². The van der Waals surface area contributed by atoms with E-state index in [1.54, 1.807) is 11.9 Å². The summed E-state index contributed by atoms with van der Waals surface area (Å²) in [5.74, 6) is 1.24. The fraction of sp³-hybridized carbons (Fsp3) is 0.400. The van der Waals surface area contributed by atoms with Crippen LogP contribution < -0.4 is 5.32 Å². The zero-order chi connectivity index (χ0) is 19.3. The topological polar surface area (TPSA) is 103 Å². The minimum atomic E-state index is -0.164. The third kappa shape index (κ3) is 4.05. The van der Waals surface area contributed by atoms with Crippen LogP contribution in [0.2, 0.25) is 0 Å². The van der Waals surface area contributed by atoms with Gasteiger partial charge in [0.25, 0.3) is 0 Å². The summed E-state index contributed by atoms with van der Waals surface area (Å²) in [7, 11) is 1.78. The summed E-state index contributed by atoms with van der Waals surface area (Å²) in [5, 5.41) is 17.6. The first-order chi connectivity index (χ1) is 13.7. The number of fused-ring (bicyclic) bond motifs is 1. The van der Waals surface area contributed by atoms with Gasteiger partial charge in [-0.25, -0.2) is 9.78 Å². The summed E-state index contributed by atoms with van der Waals surface area (Å²) >= 11 is 0. The molecule has 2 heterocycles. The zero-order valence-corrected chi connectivity index (χ0v) is 16.0. The van der Waals surface area contributed by atoms with Gasteiger partial charge in [0.2, 0.25) is 0 Å². The molecule has 0 aliphatic heterocycles. The number of hydrogen-bond acceptors (Lipinski definition) is 4. The van der Waals surface area contributed by atoms with Gasteiger partial charge in [0, 0.05) is 18.3 Å². The average Bonchev–Trinajstić information content (AvgIpc) is 3.27. The van der Waals surface area contributed by atoms with Crippen LogP contribution in [0, 0.1) is 0 Å². The molecule has 8 heteroatoms. The second-order valence-corrected chi connectivity index (χ2v) is 7.17. The Morgan fingerprint density at radius 2 is 1.93 bits per heavy atom. The molecule has 0 spiro atoms. The summed E-state index contributed by atoms with van der Waals surface area (Å²) in [6.45, 7) is 0.783. The van der Waals surface area contributed by atoms with Crippen LogP contribution in [0.15, 0.2) is 30.3 Å².